The van der Waals surface area contributed by atoms with Crippen LogP contribution in [-0.2, 0) is 4.74 Å². The second kappa shape index (κ2) is 7.41. The van der Waals surface area contributed by atoms with Gasteiger partial charge >= 0.3 is 0 Å². The van der Waals surface area contributed by atoms with E-state index in [1.54, 1.807) is 12.1 Å². The van der Waals surface area contributed by atoms with Gasteiger partial charge in [-0.05, 0) is 30.0 Å². The van der Waals surface area contributed by atoms with Gasteiger partial charge in [-0.25, -0.2) is 4.39 Å². The topological polar surface area (TPSA) is 29.5 Å². The van der Waals surface area contributed by atoms with Crippen LogP contribution < -0.4 is 0 Å². The minimum absolute atomic E-state index is 0.0303. The van der Waals surface area contributed by atoms with Crippen molar-refractivity contribution >= 4 is 0 Å². The van der Waals surface area contributed by atoms with Crippen LogP contribution in [0.3, 0.4) is 0 Å². The third-order valence-electron chi connectivity index (χ3n) is 2.62. The van der Waals surface area contributed by atoms with Crippen LogP contribution in [0.1, 0.15) is 31.7 Å². The van der Waals surface area contributed by atoms with Gasteiger partial charge < -0.3 is 9.84 Å². The Bertz CT molecular complexity index is 309. The van der Waals surface area contributed by atoms with E-state index in [1.807, 2.05) is 0 Å². The molecule has 0 fully saturated rings. The molecule has 0 spiro atoms. The van der Waals surface area contributed by atoms with Gasteiger partial charge in [-0.2, -0.15) is 0 Å². The van der Waals surface area contributed by atoms with Gasteiger partial charge in [-0.1, -0.05) is 26.0 Å². The van der Waals surface area contributed by atoms with E-state index in [2.05, 4.69) is 13.8 Å². The molecule has 0 aliphatic carbocycles. The molecule has 0 aliphatic rings. The monoisotopic (exact) mass is 240 g/mol. The van der Waals surface area contributed by atoms with E-state index >= 15 is 0 Å². The van der Waals surface area contributed by atoms with Crippen molar-refractivity contribution in [1.29, 1.82) is 0 Å². The predicted octanol–water partition coefficient (Wildman–Crippen LogP) is 2.96. The molecule has 96 valence electrons. The first kappa shape index (κ1) is 14.1. The standard InChI is InChI=1S/C14H21FO2/c1-11(2)10-17-8-7-13(9-16)12-3-5-14(15)6-4-12/h3-6,11,13,16H,7-10H2,1-2H3. The molecule has 0 amide bonds. The summed E-state index contributed by atoms with van der Waals surface area (Å²) in [6.45, 7) is 5.63. The smallest absolute Gasteiger partial charge is 0.123 e. The van der Waals surface area contributed by atoms with Gasteiger partial charge in [0, 0.05) is 19.1 Å². The number of hydrogen-bond donors (Lipinski definition) is 1. The lowest BCUT2D eigenvalue weighted by molar-refractivity contribution is 0.0977. The maximum Gasteiger partial charge on any atom is 0.123 e. The minimum Gasteiger partial charge on any atom is -0.396 e. The molecule has 1 rings (SSSR count). The van der Waals surface area contributed by atoms with Gasteiger partial charge in [0.15, 0.2) is 0 Å². The van der Waals surface area contributed by atoms with Crippen LogP contribution >= 0.6 is 0 Å². The van der Waals surface area contributed by atoms with Crippen LogP contribution in [0.25, 0.3) is 0 Å². The normalized spacial score (nSPS) is 13.0. The second-order valence-electron chi connectivity index (χ2n) is 4.69. The van der Waals surface area contributed by atoms with Crippen LogP contribution in [0.5, 0.6) is 0 Å². The van der Waals surface area contributed by atoms with Crippen LogP contribution in [0.2, 0.25) is 0 Å². The molecule has 0 aliphatic heterocycles. The number of halogens is 1. The van der Waals surface area contributed by atoms with Gasteiger partial charge in [0.2, 0.25) is 0 Å². The van der Waals surface area contributed by atoms with Gasteiger partial charge in [0.05, 0.1) is 6.61 Å². The van der Waals surface area contributed by atoms with Crippen molar-refractivity contribution in [2.45, 2.75) is 26.2 Å². The maximum atomic E-state index is 12.8. The molecular formula is C14H21FO2. The lowest BCUT2D eigenvalue weighted by atomic mass is 9.97. The van der Waals surface area contributed by atoms with Crippen LogP contribution in [0.15, 0.2) is 24.3 Å². The summed E-state index contributed by atoms with van der Waals surface area (Å²) in [4.78, 5) is 0. The van der Waals surface area contributed by atoms with Gasteiger partial charge in [0.1, 0.15) is 5.82 Å². The molecule has 17 heavy (non-hydrogen) atoms. The fourth-order valence-electron chi connectivity index (χ4n) is 1.64. The molecule has 0 saturated carbocycles. The summed E-state index contributed by atoms with van der Waals surface area (Å²) in [5, 5.41) is 9.31. The molecule has 3 heteroatoms. The van der Waals surface area contributed by atoms with E-state index in [0.29, 0.717) is 12.5 Å². The maximum absolute atomic E-state index is 12.8. The Morgan fingerprint density at radius 2 is 1.88 bits per heavy atom. The molecule has 1 unspecified atom stereocenters. The summed E-state index contributed by atoms with van der Waals surface area (Å²) in [6, 6.07) is 6.29. The molecule has 0 aromatic heterocycles. The quantitative estimate of drug-likeness (QED) is 0.742. The van der Waals surface area contributed by atoms with Crippen LogP contribution in [0, 0.1) is 11.7 Å². The number of hydrogen-bond acceptors (Lipinski definition) is 2. The van der Waals surface area contributed by atoms with E-state index in [0.717, 1.165) is 18.6 Å². The third-order valence-corrected chi connectivity index (χ3v) is 2.62. The highest BCUT2D eigenvalue weighted by atomic mass is 19.1. The van der Waals surface area contributed by atoms with Crippen molar-refractivity contribution in [2.75, 3.05) is 19.8 Å². The van der Waals surface area contributed by atoms with Gasteiger partial charge in [-0.3, -0.25) is 0 Å². The number of benzene rings is 1. The Morgan fingerprint density at radius 3 is 2.41 bits per heavy atom. The summed E-state index contributed by atoms with van der Waals surface area (Å²) in [5.74, 6) is 0.303. The fraction of sp³-hybridized carbons (Fsp3) is 0.571. The zero-order valence-electron chi connectivity index (χ0n) is 10.5. The average molecular weight is 240 g/mol. The summed E-state index contributed by atoms with van der Waals surface area (Å²) < 4.78 is 18.2. The number of aliphatic hydroxyl groups is 1. The van der Waals surface area contributed by atoms with Crippen molar-refractivity contribution in [3.05, 3.63) is 35.6 Å². The zero-order valence-corrected chi connectivity index (χ0v) is 10.5. The van der Waals surface area contributed by atoms with Crippen molar-refractivity contribution in [1.82, 2.24) is 0 Å². The Labute approximate surface area is 102 Å². The lowest BCUT2D eigenvalue weighted by Crippen LogP contribution is -2.10. The number of aliphatic hydroxyl groups excluding tert-OH is 1. The van der Waals surface area contributed by atoms with E-state index < -0.39 is 0 Å². The van der Waals surface area contributed by atoms with E-state index in [1.165, 1.54) is 12.1 Å². The lowest BCUT2D eigenvalue weighted by Gasteiger charge is -2.15. The summed E-state index contributed by atoms with van der Waals surface area (Å²) >= 11 is 0. The Morgan fingerprint density at radius 1 is 1.24 bits per heavy atom. The molecule has 1 N–H and O–H groups in total. The molecule has 1 aromatic carbocycles. The Kier molecular flexibility index (Phi) is 6.16. The molecular weight excluding hydrogens is 219 g/mol. The minimum atomic E-state index is -0.249. The fourth-order valence-corrected chi connectivity index (χ4v) is 1.64. The van der Waals surface area contributed by atoms with Crippen LogP contribution in [-0.4, -0.2) is 24.9 Å². The summed E-state index contributed by atoms with van der Waals surface area (Å²) in [7, 11) is 0. The highest BCUT2D eigenvalue weighted by Crippen LogP contribution is 2.19. The van der Waals surface area contributed by atoms with Crippen LogP contribution in [0.4, 0.5) is 4.39 Å². The van der Waals surface area contributed by atoms with Gasteiger partial charge in [0.25, 0.3) is 0 Å². The van der Waals surface area contributed by atoms with Crippen molar-refractivity contribution < 1.29 is 14.2 Å². The average Bonchev–Trinajstić information content (AvgIpc) is 2.30. The van der Waals surface area contributed by atoms with Crippen molar-refractivity contribution in [2.24, 2.45) is 5.92 Å². The molecule has 2 nitrogen and oxygen atoms in total. The van der Waals surface area contributed by atoms with Gasteiger partial charge in [-0.15, -0.1) is 0 Å². The summed E-state index contributed by atoms with van der Waals surface area (Å²) in [6.07, 6.45) is 0.759. The molecule has 0 heterocycles. The predicted molar refractivity (Wildman–Crippen MR) is 66.5 cm³/mol. The van der Waals surface area contributed by atoms with E-state index in [4.69, 9.17) is 4.74 Å². The van der Waals surface area contributed by atoms with Crippen molar-refractivity contribution in [3.63, 3.8) is 0 Å². The van der Waals surface area contributed by atoms with Crippen molar-refractivity contribution in [3.8, 4) is 0 Å². The zero-order chi connectivity index (χ0) is 12.7. The van der Waals surface area contributed by atoms with E-state index in [9.17, 15) is 9.50 Å². The third kappa shape index (κ3) is 5.29. The molecule has 0 radical (unpaired) electrons. The molecule has 1 aromatic rings. The first-order valence-electron chi connectivity index (χ1n) is 6.07. The highest BCUT2D eigenvalue weighted by Gasteiger charge is 2.10. The second-order valence-corrected chi connectivity index (χ2v) is 4.69. The Balaban J connectivity index is 2.40. The first-order valence-corrected chi connectivity index (χ1v) is 6.07. The molecule has 0 bridgehead atoms. The number of rotatable bonds is 7. The summed E-state index contributed by atoms with van der Waals surface area (Å²) in [5.41, 5.74) is 0.960. The Hall–Kier alpha value is -0.930. The highest BCUT2D eigenvalue weighted by molar-refractivity contribution is 5.20. The largest absolute Gasteiger partial charge is 0.396 e. The SMILES string of the molecule is CC(C)COCCC(CO)c1ccc(F)cc1. The molecule has 1 atom stereocenters. The molecule has 0 saturated heterocycles. The number of ether oxygens (including phenoxy) is 1. The first-order chi connectivity index (χ1) is 8.13. The van der Waals surface area contributed by atoms with E-state index in [-0.39, 0.29) is 18.3 Å².